The average Bonchev–Trinajstić information content (AvgIpc) is 2.61. The number of carbonyl (C=O) groups is 2. The lowest BCUT2D eigenvalue weighted by Crippen LogP contribution is -2.50. The molecule has 0 unspecified atom stereocenters. The molecule has 6 heteroatoms. The molecule has 3 amide bonds. The summed E-state index contributed by atoms with van der Waals surface area (Å²) >= 11 is 0. The van der Waals surface area contributed by atoms with Gasteiger partial charge in [0, 0.05) is 31.1 Å². The molecule has 1 aromatic carbocycles. The van der Waals surface area contributed by atoms with Crippen molar-refractivity contribution >= 4 is 12.1 Å². The summed E-state index contributed by atoms with van der Waals surface area (Å²) in [7, 11) is 0. The predicted octanol–water partition coefficient (Wildman–Crippen LogP) is 3.19. The zero-order valence-corrected chi connectivity index (χ0v) is 16.3. The van der Waals surface area contributed by atoms with Crippen molar-refractivity contribution in [1.29, 1.82) is 0 Å². The molecular formula is C20H31N3O3. The van der Waals surface area contributed by atoms with E-state index in [-0.39, 0.29) is 23.6 Å². The Morgan fingerprint density at radius 2 is 1.96 bits per heavy atom. The van der Waals surface area contributed by atoms with Crippen LogP contribution in [0.15, 0.2) is 24.3 Å². The standard InChI is InChI=1S/C20H31N3O3/c1-5-26-19(25)23-11-9-17(10-12-23)22-18(24)21-14-20(3,4)16-8-6-7-15(2)13-16/h6-8,13,17H,5,9-12,14H2,1-4H3,(H2,21,22,24). The highest BCUT2D eigenvalue weighted by Gasteiger charge is 2.26. The Morgan fingerprint density at radius 1 is 1.27 bits per heavy atom. The molecule has 0 radical (unpaired) electrons. The van der Waals surface area contributed by atoms with E-state index in [1.807, 2.05) is 6.07 Å². The summed E-state index contributed by atoms with van der Waals surface area (Å²) in [5, 5.41) is 6.00. The Hall–Kier alpha value is -2.24. The highest BCUT2D eigenvalue weighted by molar-refractivity contribution is 5.74. The van der Waals surface area contributed by atoms with Crippen LogP contribution in [0.3, 0.4) is 0 Å². The van der Waals surface area contributed by atoms with Crippen LogP contribution >= 0.6 is 0 Å². The molecule has 0 aliphatic carbocycles. The number of rotatable bonds is 5. The third kappa shape index (κ3) is 5.64. The largest absolute Gasteiger partial charge is 0.450 e. The summed E-state index contributed by atoms with van der Waals surface area (Å²) in [6.07, 6.45) is 1.22. The van der Waals surface area contributed by atoms with Gasteiger partial charge in [0.1, 0.15) is 0 Å². The van der Waals surface area contributed by atoms with Crippen LogP contribution in [0.1, 0.15) is 44.7 Å². The topological polar surface area (TPSA) is 70.7 Å². The van der Waals surface area contributed by atoms with Crippen molar-refractivity contribution in [2.75, 3.05) is 26.2 Å². The van der Waals surface area contributed by atoms with E-state index in [9.17, 15) is 9.59 Å². The van der Waals surface area contributed by atoms with Gasteiger partial charge >= 0.3 is 12.1 Å². The number of amides is 3. The number of ether oxygens (including phenoxy) is 1. The molecule has 0 atom stereocenters. The minimum Gasteiger partial charge on any atom is -0.450 e. The van der Waals surface area contributed by atoms with Gasteiger partial charge in [-0.05, 0) is 32.3 Å². The summed E-state index contributed by atoms with van der Waals surface area (Å²) in [4.78, 5) is 25.6. The van der Waals surface area contributed by atoms with E-state index in [1.54, 1.807) is 11.8 Å². The lowest BCUT2D eigenvalue weighted by molar-refractivity contribution is 0.0957. The molecule has 1 fully saturated rings. The number of carbonyl (C=O) groups excluding carboxylic acids is 2. The van der Waals surface area contributed by atoms with Gasteiger partial charge < -0.3 is 20.3 Å². The summed E-state index contributed by atoms with van der Waals surface area (Å²) in [6, 6.07) is 8.30. The van der Waals surface area contributed by atoms with Gasteiger partial charge in [-0.2, -0.15) is 0 Å². The predicted molar refractivity (Wildman–Crippen MR) is 102 cm³/mol. The van der Waals surface area contributed by atoms with Crippen LogP contribution in [0, 0.1) is 6.92 Å². The Kier molecular flexibility index (Phi) is 6.89. The fourth-order valence-corrected chi connectivity index (χ4v) is 3.13. The third-order valence-corrected chi connectivity index (χ3v) is 4.85. The molecule has 1 aliphatic heterocycles. The van der Waals surface area contributed by atoms with Crippen LogP contribution < -0.4 is 10.6 Å². The second-order valence-electron chi connectivity index (χ2n) is 7.54. The number of benzene rings is 1. The molecule has 1 aromatic rings. The van der Waals surface area contributed by atoms with Crippen molar-refractivity contribution in [2.24, 2.45) is 0 Å². The normalized spacial score (nSPS) is 15.5. The Morgan fingerprint density at radius 3 is 2.58 bits per heavy atom. The van der Waals surface area contributed by atoms with Gasteiger partial charge in [0.2, 0.25) is 0 Å². The molecule has 0 spiro atoms. The molecule has 1 heterocycles. The van der Waals surface area contributed by atoms with Crippen LogP contribution in [-0.2, 0) is 10.2 Å². The van der Waals surface area contributed by atoms with Gasteiger partial charge in [0.05, 0.1) is 6.61 Å². The van der Waals surface area contributed by atoms with Crippen molar-refractivity contribution in [3.05, 3.63) is 35.4 Å². The Balaban J connectivity index is 1.76. The monoisotopic (exact) mass is 361 g/mol. The molecule has 0 bridgehead atoms. The lowest BCUT2D eigenvalue weighted by atomic mass is 9.84. The summed E-state index contributed by atoms with van der Waals surface area (Å²) in [5.41, 5.74) is 2.28. The lowest BCUT2D eigenvalue weighted by Gasteiger charge is -2.32. The number of piperidine rings is 1. The first-order valence-corrected chi connectivity index (χ1v) is 9.35. The number of hydrogen-bond donors (Lipinski definition) is 2. The maximum atomic E-state index is 12.2. The number of hydrogen-bond acceptors (Lipinski definition) is 3. The van der Waals surface area contributed by atoms with Crippen LogP contribution in [0.4, 0.5) is 9.59 Å². The van der Waals surface area contributed by atoms with Crippen LogP contribution in [0.2, 0.25) is 0 Å². The molecule has 0 aromatic heterocycles. The van der Waals surface area contributed by atoms with Gasteiger partial charge in [-0.3, -0.25) is 0 Å². The highest BCUT2D eigenvalue weighted by Crippen LogP contribution is 2.23. The number of aryl methyl sites for hydroxylation is 1. The van der Waals surface area contributed by atoms with Crippen molar-refractivity contribution in [3.63, 3.8) is 0 Å². The van der Waals surface area contributed by atoms with Crippen molar-refractivity contribution < 1.29 is 14.3 Å². The summed E-state index contributed by atoms with van der Waals surface area (Å²) in [6.45, 7) is 10.3. The van der Waals surface area contributed by atoms with Gasteiger partial charge in [-0.15, -0.1) is 0 Å². The molecular weight excluding hydrogens is 330 g/mol. The molecule has 0 saturated carbocycles. The van der Waals surface area contributed by atoms with E-state index in [4.69, 9.17) is 4.74 Å². The maximum Gasteiger partial charge on any atom is 0.409 e. The molecule has 2 N–H and O–H groups in total. The molecule has 144 valence electrons. The van der Waals surface area contributed by atoms with Crippen LogP contribution in [-0.4, -0.2) is 49.3 Å². The number of urea groups is 1. The fourth-order valence-electron chi connectivity index (χ4n) is 3.13. The maximum absolute atomic E-state index is 12.2. The second-order valence-corrected chi connectivity index (χ2v) is 7.54. The zero-order valence-electron chi connectivity index (χ0n) is 16.3. The first-order valence-electron chi connectivity index (χ1n) is 9.35. The van der Waals surface area contributed by atoms with Crippen molar-refractivity contribution in [2.45, 2.75) is 52.0 Å². The van der Waals surface area contributed by atoms with Gasteiger partial charge in [-0.1, -0.05) is 43.7 Å². The third-order valence-electron chi connectivity index (χ3n) is 4.85. The minimum atomic E-state index is -0.268. The molecule has 1 aliphatic rings. The molecule has 26 heavy (non-hydrogen) atoms. The highest BCUT2D eigenvalue weighted by atomic mass is 16.6. The average molecular weight is 361 g/mol. The number of nitrogens with zero attached hydrogens (tertiary/aromatic N) is 1. The van der Waals surface area contributed by atoms with E-state index >= 15 is 0 Å². The quantitative estimate of drug-likeness (QED) is 0.846. The number of likely N-dealkylation sites (tertiary alicyclic amines) is 1. The molecule has 2 rings (SSSR count). The first-order chi connectivity index (χ1) is 12.3. The van der Waals surface area contributed by atoms with Gasteiger partial charge in [0.25, 0.3) is 0 Å². The van der Waals surface area contributed by atoms with Gasteiger partial charge in [0.15, 0.2) is 0 Å². The van der Waals surface area contributed by atoms with E-state index in [2.05, 4.69) is 49.6 Å². The Labute approximate surface area is 156 Å². The summed E-state index contributed by atoms with van der Waals surface area (Å²) < 4.78 is 5.01. The molecule has 6 nitrogen and oxygen atoms in total. The first kappa shape index (κ1) is 20.1. The summed E-state index contributed by atoms with van der Waals surface area (Å²) in [5.74, 6) is 0. The molecule has 1 saturated heterocycles. The Bertz CT molecular complexity index is 622. The van der Waals surface area contributed by atoms with Crippen LogP contribution in [0.5, 0.6) is 0 Å². The smallest absolute Gasteiger partial charge is 0.409 e. The SMILES string of the molecule is CCOC(=O)N1CCC(NC(=O)NCC(C)(C)c2cccc(C)c2)CC1. The fraction of sp³-hybridized carbons (Fsp3) is 0.600. The van der Waals surface area contributed by atoms with E-state index < -0.39 is 0 Å². The van der Waals surface area contributed by atoms with Crippen molar-refractivity contribution in [3.8, 4) is 0 Å². The van der Waals surface area contributed by atoms with E-state index in [1.165, 1.54) is 11.1 Å². The second kappa shape index (κ2) is 8.92. The number of nitrogens with one attached hydrogen (secondary N) is 2. The van der Waals surface area contributed by atoms with E-state index in [0.717, 1.165) is 12.8 Å². The van der Waals surface area contributed by atoms with E-state index in [0.29, 0.717) is 26.2 Å². The minimum absolute atomic E-state index is 0.0859. The van der Waals surface area contributed by atoms with Crippen LogP contribution in [0.25, 0.3) is 0 Å². The van der Waals surface area contributed by atoms with Crippen molar-refractivity contribution in [1.82, 2.24) is 15.5 Å². The zero-order chi connectivity index (χ0) is 19.2. The van der Waals surface area contributed by atoms with Gasteiger partial charge in [-0.25, -0.2) is 9.59 Å².